The molecule has 0 unspecified atom stereocenters. The predicted molar refractivity (Wildman–Crippen MR) is 59.3 cm³/mol. The van der Waals surface area contributed by atoms with Gasteiger partial charge in [0.05, 0.1) is 0 Å². The summed E-state index contributed by atoms with van der Waals surface area (Å²) in [5.41, 5.74) is 4.39. The molecule has 2 rings (SSSR count). The Morgan fingerprint density at radius 3 is 2.41 bits per heavy atom. The average Bonchev–Trinajstić information content (AvgIpc) is 2.62. The van der Waals surface area contributed by atoms with E-state index in [4.69, 9.17) is 5.73 Å². The van der Waals surface area contributed by atoms with E-state index >= 15 is 0 Å². The number of hydrogen-bond acceptors (Lipinski definition) is 2. The molecular weight excluding hydrogens is 229 g/mol. The Kier molecular flexibility index (Phi) is 3.14. The molecule has 2 N–H and O–H groups in total. The molecule has 0 aromatic heterocycles. The number of nitrogens with zero attached hydrogens (tertiary/aromatic N) is 1. The molecule has 1 aromatic rings. The van der Waals surface area contributed by atoms with E-state index in [-0.39, 0.29) is 13.0 Å². The summed E-state index contributed by atoms with van der Waals surface area (Å²) in [5, 5.41) is 0. The van der Waals surface area contributed by atoms with Crippen LogP contribution in [0.25, 0.3) is 0 Å². The Morgan fingerprint density at radius 2 is 1.88 bits per heavy atom. The van der Waals surface area contributed by atoms with Gasteiger partial charge in [0.25, 0.3) is 0 Å². The summed E-state index contributed by atoms with van der Waals surface area (Å²) in [7, 11) is 0. The van der Waals surface area contributed by atoms with Gasteiger partial charge in [0.1, 0.15) is 5.54 Å². The molecule has 1 aromatic carbocycles. The van der Waals surface area contributed by atoms with Crippen LogP contribution < -0.4 is 5.73 Å². The molecule has 1 aliphatic heterocycles. The summed E-state index contributed by atoms with van der Waals surface area (Å²) in [6, 6.07) is 9.46. The fraction of sp³-hybridized carbons (Fsp3) is 0.500. The van der Waals surface area contributed by atoms with Crippen LogP contribution in [0, 0.1) is 0 Å². The lowest BCUT2D eigenvalue weighted by Crippen LogP contribution is -2.55. The van der Waals surface area contributed by atoms with Crippen molar-refractivity contribution in [3.63, 3.8) is 0 Å². The van der Waals surface area contributed by atoms with Gasteiger partial charge in [-0.2, -0.15) is 13.2 Å². The van der Waals surface area contributed by atoms with Gasteiger partial charge in [-0.25, -0.2) is 0 Å². The SMILES string of the molecule is N[C@@]1(C(F)(F)F)CCN(Cc2ccccc2)C1. The van der Waals surface area contributed by atoms with Crippen LogP contribution >= 0.6 is 0 Å². The molecule has 2 nitrogen and oxygen atoms in total. The summed E-state index contributed by atoms with van der Waals surface area (Å²) in [6.45, 7) is 0.798. The Morgan fingerprint density at radius 1 is 1.24 bits per heavy atom. The molecule has 0 saturated carbocycles. The molecule has 0 spiro atoms. The molecule has 1 saturated heterocycles. The molecule has 1 heterocycles. The molecule has 1 atom stereocenters. The number of alkyl halides is 3. The quantitative estimate of drug-likeness (QED) is 0.863. The summed E-state index contributed by atoms with van der Waals surface area (Å²) in [6.07, 6.45) is -4.35. The Labute approximate surface area is 98.2 Å². The van der Waals surface area contributed by atoms with Gasteiger partial charge < -0.3 is 5.73 Å². The van der Waals surface area contributed by atoms with E-state index in [0.29, 0.717) is 13.1 Å². The first kappa shape index (κ1) is 12.4. The highest BCUT2D eigenvalue weighted by molar-refractivity contribution is 5.15. The predicted octanol–water partition coefficient (Wildman–Crippen LogP) is 2.15. The third kappa shape index (κ3) is 2.61. The number of nitrogens with two attached hydrogens (primary N) is 1. The second kappa shape index (κ2) is 4.31. The second-order valence-corrected chi connectivity index (χ2v) is 4.60. The van der Waals surface area contributed by atoms with Gasteiger partial charge in [-0.15, -0.1) is 0 Å². The van der Waals surface area contributed by atoms with E-state index in [1.54, 1.807) is 4.90 Å². The molecule has 5 heteroatoms. The first-order valence-electron chi connectivity index (χ1n) is 5.53. The molecule has 0 aliphatic carbocycles. The van der Waals surface area contributed by atoms with Crippen LogP contribution in [-0.4, -0.2) is 29.7 Å². The van der Waals surface area contributed by atoms with E-state index < -0.39 is 11.7 Å². The molecule has 0 radical (unpaired) electrons. The van der Waals surface area contributed by atoms with Gasteiger partial charge >= 0.3 is 6.18 Å². The standard InChI is InChI=1S/C12H15F3N2/c13-12(14,15)11(16)6-7-17(9-11)8-10-4-2-1-3-5-10/h1-5H,6-9,16H2/t11-/m0/s1. The number of rotatable bonds is 2. The van der Waals surface area contributed by atoms with Crippen LogP contribution in [0.5, 0.6) is 0 Å². The van der Waals surface area contributed by atoms with E-state index in [1.807, 2.05) is 30.3 Å². The van der Waals surface area contributed by atoms with E-state index in [1.165, 1.54) is 0 Å². The molecule has 17 heavy (non-hydrogen) atoms. The van der Waals surface area contributed by atoms with Crippen molar-refractivity contribution in [3.05, 3.63) is 35.9 Å². The topological polar surface area (TPSA) is 29.3 Å². The monoisotopic (exact) mass is 244 g/mol. The van der Waals surface area contributed by atoms with Gasteiger partial charge in [-0.1, -0.05) is 30.3 Å². The Hall–Kier alpha value is -1.07. The third-order valence-corrected chi connectivity index (χ3v) is 3.19. The van der Waals surface area contributed by atoms with Crippen LogP contribution in [0.2, 0.25) is 0 Å². The lowest BCUT2D eigenvalue weighted by atomic mass is 10.00. The molecule has 94 valence electrons. The smallest absolute Gasteiger partial charge is 0.317 e. The van der Waals surface area contributed by atoms with Crippen molar-refractivity contribution in [1.29, 1.82) is 0 Å². The van der Waals surface area contributed by atoms with Crippen molar-refractivity contribution in [2.24, 2.45) is 5.73 Å². The van der Waals surface area contributed by atoms with Crippen molar-refractivity contribution in [1.82, 2.24) is 4.90 Å². The Bertz CT molecular complexity index is 377. The van der Waals surface area contributed by atoms with Gasteiger partial charge in [-0.05, 0) is 12.0 Å². The van der Waals surface area contributed by atoms with Crippen molar-refractivity contribution in [2.75, 3.05) is 13.1 Å². The molecule has 1 fully saturated rings. The number of hydrogen-bond donors (Lipinski definition) is 1. The number of benzene rings is 1. The molecule has 1 aliphatic rings. The van der Waals surface area contributed by atoms with Crippen molar-refractivity contribution in [3.8, 4) is 0 Å². The largest absolute Gasteiger partial charge is 0.407 e. The van der Waals surface area contributed by atoms with Crippen molar-refractivity contribution >= 4 is 0 Å². The fourth-order valence-electron chi connectivity index (χ4n) is 2.12. The summed E-state index contributed by atoms with van der Waals surface area (Å²) >= 11 is 0. The maximum absolute atomic E-state index is 12.7. The van der Waals surface area contributed by atoms with E-state index in [0.717, 1.165) is 5.56 Å². The van der Waals surface area contributed by atoms with Crippen molar-refractivity contribution < 1.29 is 13.2 Å². The molecule has 0 bridgehead atoms. The lowest BCUT2D eigenvalue weighted by Gasteiger charge is -2.27. The zero-order chi connectivity index (χ0) is 12.5. The average molecular weight is 244 g/mol. The highest BCUT2D eigenvalue weighted by Crippen LogP contribution is 2.35. The normalized spacial score (nSPS) is 26.4. The minimum Gasteiger partial charge on any atom is -0.317 e. The maximum atomic E-state index is 12.7. The first-order chi connectivity index (χ1) is 7.91. The molecule has 0 amide bonds. The third-order valence-electron chi connectivity index (χ3n) is 3.19. The minimum atomic E-state index is -4.32. The fourth-order valence-corrected chi connectivity index (χ4v) is 2.12. The zero-order valence-electron chi connectivity index (χ0n) is 9.37. The van der Waals surface area contributed by atoms with E-state index in [9.17, 15) is 13.2 Å². The van der Waals surface area contributed by atoms with Gasteiger partial charge in [0.15, 0.2) is 0 Å². The zero-order valence-corrected chi connectivity index (χ0v) is 9.37. The Balaban J connectivity index is 1.99. The second-order valence-electron chi connectivity index (χ2n) is 4.60. The van der Waals surface area contributed by atoms with Crippen LogP contribution in [-0.2, 0) is 6.54 Å². The van der Waals surface area contributed by atoms with Gasteiger partial charge in [-0.3, -0.25) is 4.90 Å². The number of halogens is 3. The summed E-state index contributed by atoms with van der Waals surface area (Å²) in [5.74, 6) is 0. The maximum Gasteiger partial charge on any atom is 0.407 e. The van der Waals surface area contributed by atoms with Crippen LogP contribution in [0.4, 0.5) is 13.2 Å². The van der Waals surface area contributed by atoms with Crippen molar-refractivity contribution in [2.45, 2.75) is 24.7 Å². The molecular formula is C12H15F3N2. The van der Waals surface area contributed by atoms with Crippen LogP contribution in [0.15, 0.2) is 30.3 Å². The van der Waals surface area contributed by atoms with Gasteiger partial charge in [0, 0.05) is 19.6 Å². The first-order valence-corrected chi connectivity index (χ1v) is 5.53. The lowest BCUT2D eigenvalue weighted by molar-refractivity contribution is -0.181. The number of likely N-dealkylation sites (tertiary alicyclic amines) is 1. The highest BCUT2D eigenvalue weighted by atomic mass is 19.4. The van der Waals surface area contributed by atoms with Crippen LogP contribution in [0.1, 0.15) is 12.0 Å². The highest BCUT2D eigenvalue weighted by Gasteiger charge is 2.55. The van der Waals surface area contributed by atoms with E-state index in [2.05, 4.69) is 0 Å². The summed E-state index contributed by atoms with van der Waals surface area (Å²) in [4.78, 5) is 1.75. The van der Waals surface area contributed by atoms with Crippen LogP contribution in [0.3, 0.4) is 0 Å². The van der Waals surface area contributed by atoms with Gasteiger partial charge in [0.2, 0.25) is 0 Å². The summed E-state index contributed by atoms with van der Waals surface area (Å²) < 4.78 is 38.1. The minimum absolute atomic E-state index is 0.0245.